The van der Waals surface area contributed by atoms with E-state index in [0.29, 0.717) is 28.1 Å². The van der Waals surface area contributed by atoms with Crippen molar-refractivity contribution >= 4 is 33.3 Å². The van der Waals surface area contributed by atoms with Crippen molar-refractivity contribution in [2.75, 3.05) is 10.0 Å². The van der Waals surface area contributed by atoms with Crippen LogP contribution < -0.4 is 10.0 Å². The third kappa shape index (κ3) is 3.80. The summed E-state index contributed by atoms with van der Waals surface area (Å²) in [6, 6.07) is 10.5. The average molecular weight is 453 g/mol. The van der Waals surface area contributed by atoms with Gasteiger partial charge in [-0.15, -0.1) is 0 Å². The number of aryl methyl sites for hydroxylation is 3. The number of sulfonamides is 1. The Balaban J connectivity index is 1.82. The lowest BCUT2D eigenvalue weighted by Gasteiger charge is -2.15. The smallest absolute Gasteiger partial charge is 0.262 e. The highest BCUT2D eigenvalue weighted by Crippen LogP contribution is 2.35. The van der Waals surface area contributed by atoms with Crippen LogP contribution in [0.4, 0.5) is 11.5 Å². The second-order valence-corrected chi connectivity index (χ2v) is 9.65. The Morgan fingerprint density at radius 3 is 2.50 bits per heavy atom. The molecule has 0 atom stereocenters. The van der Waals surface area contributed by atoms with Gasteiger partial charge in [-0.05, 0) is 62.1 Å². The van der Waals surface area contributed by atoms with Crippen molar-refractivity contribution in [2.45, 2.75) is 45.4 Å². The molecule has 2 N–H and O–H groups in total. The summed E-state index contributed by atoms with van der Waals surface area (Å²) in [5, 5.41) is 7.04. The van der Waals surface area contributed by atoms with Crippen LogP contribution >= 0.6 is 0 Å². The fourth-order valence-electron chi connectivity index (χ4n) is 3.80. The van der Waals surface area contributed by atoms with E-state index in [1.165, 1.54) is 4.68 Å². The van der Waals surface area contributed by atoms with Gasteiger partial charge in [-0.2, -0.15) is 9.78 Å². The molecule has 4 rings (SSSR count). The summed E-state index contributed by atoms with van der Waals surface area (Å²) >= 11 is 0. The minimum Gasteiger partial charge on any atom is -0.310 e. The Morgan fingerprint density at radius 2 is 1.75 bits per heavy atom. The third-order valence-electron chi connectivity index (χ3n) is 5.74. The lowest BCUT2D eigenvalue weighted by Crippen LogP contribution is -2.15. The van der Waals surface area contributed by atoms with Crippen LogP contribution in [0, 0.1) is 27.7 Å². The highest BCUT2D eigenvalue weighted by Gasteiger charge is 2.27. The number of carbonyl (C=O) groups excluding carboxylic acids is 2. The minimum absolute atomic E-state index is 0.0622. The first-order valence-corrected chi connectivity index (χ1v) is 11.7. The van der Waals surface area contributed by atoms with Gasteiger partial charge in [-0.1, -0.05) is 24.3 Å². The molecule has 1 amide bonds. The predicted octanol–water partition coefficient (Wildman–Crippen LogP) is 3.96. The molecule has 2 aromatic carbocycles. The molecule has 2 heterocycles. The molecule has 0 unspecified atom stereocenters. The van der Waals surface area contributed by atoms with Gasteiger partial charge in [0.2, 0.25) is 11.8 Å². The van der Waals surface area contributed by atoms with Crippen LogP contribution in [-0.2, 0) is 14.8 Å². The lowest BCUT2D eigenvalue weighted by molar-refractivity contribution is -0.116. The Morgan fingerprint density at radius 1 is 1.00 bits per heavy atom. The van der Waals surface area contributed by atoms with E-state index >= 15 is 0 Å². The highest BCUT2D eigenvalue weighted by atomic mass is 32.2. The van der Waals surface area contributed by atoms with Crippen LogP contribution in [0.15, 0.2) is 41.3 Å². The number of anilines is 2. The first-order valence-electron chi connectivity index (χ1n) is 10.2. The molecule has 0 aliphatic carbocycles. The molecule has 0 spiro atoms. The fourth-order valence-corrected chi connectivity index (χ4v) is 5.19. The Kier molecular flexibility index (Phi) is 5.37. The molecular weight excluding hydrogens is 428 g/mol. The molecule has 1 aromatic heterocycles. The third-order valence-corrected chi connectivity index (χ3v) is 7.24. The van der Waals surface area contributed by atoms with Gasteiger partial charge in [0.15, 0.2) is 0 Å². The van der Waals surface area contributed by atoms with Crippen molar-refractivity contribution in [1.82, 2.24) is 9.78 Å². The zero-order chi connectivity index (χ0) is 23.2. The van der Waals surface area contributed by atoms with Crippen molar-refractivity contribution < 1.29 is 18.0 Å². The molecule has 8 nitrogen and oxygen atoms in total. The second kappa shape index (κ2) is 7.90. The van der Waals surface area contributed by atoms with E-state index in [1.54, 1.807) is 44.2 Å². The van der Waals surface area contributed by atoms with Crippen molar-refractivity contribution in [1.29, 1.82) is 0 Å². The summed E-state index contributed by atoms with van der Waals surface area (Å²) in [7, 11) is -3.89. The molecule has 1 aliphatic heterocycles. The van der Waals surface area contributed by atoms with Crippen LogP contribution in [-0.4, -0.2) is 30.0 Å². The predicted molar refractivity (Wildman–Crippen MR) is 122 cm³/mol. The Labute approximate surface area is 186 Å². The number of rotatable bonds is 4. The monoisotopic (exact) mass is 452 g/mol. The van der Waals surface area contributed by atoms with Gasteiger partial charge < -0.3 is 5.32 Å². The standard InChI is InChI=1S/C23H24N4O4S/c1-13-6-5-7-18(15(13)3)26-32(30,31)19-12-17(9-8-14(19)2)22-16(4)25-27-21(29)11-10-20(28)24-23(22)27/h5-9,12,26H,10-11H2,1-4H3,(H,24,28). The number of nitrogens with zero attached hydrogens (tertiary/aromatic N) is 2. The first-order chi connectivity index (χ1) is 15.1. The highest BCUT2D eigenvalue weighted by molar-refractivity contribution is 7.92. The van der Waals surface area contributed by atoms with E-state index in [2.05, 4.69) is 15.1 Å². The second-order valence-electron chi connectivity index (χ2n) is 8.00. The number of hydrogen-bond acceptors (Lipinski definition) is 5. The maximum atomic E-state index is 13.3. The summed E-state index contributed by atoms with van der Waals surface area (Å²) < 4.78 is 30.4. The van der Waals surface area contributed by atoms with Crippen LogP contribution in [0.2, 0.25) is 0 Å². The minimum atomic E-state index is -3.89. The fraction of sp³-hybridized carbons (Fsp3) is 0.261. The van der Waals surface area contributed by atoms with E-state index < -0.39 is 10.0 Å². The molecule has 0 fully saturated rings. The van der Waals surface area contributed by atoms with Crippen LogP contribution in [0.3, 0.4) is 0 Å². The molecule has 0 bridgehead atoms. The molecule has 0 saturated heterocycles. The van der Waals surface area contributed by atoms with Crippen molar-refractivity contribution in [3.63, 3.8) is 0 Å². The number of hydrogen-bond donors (Lipinski definition) is 2. The van der Waals surface area contributed by atoms with Gasteiger partial charge in [0.05, 0.1) is 16.3 Å². The number of carbonyl (C=O) groups is 2. The van der Waals surface area contributed by atoms with E-state index in [0.717, 1.165) is 11.1 Å². The van der Waals surface area contributed by atoms with Gasteiger partial charge in [-0.25, -0.2) is 8.42 Å². The molecule has 32 heavy (non-hydrogen) atoms. The van der Waals surface area contributed by atoms with Crippen molar-refractivity contribution in [3.8, 4) is 11.1 Å². The molecule has 0 saturated carbocycles. The topological polar surface area (TPSA) is 110 Å². The summed E-state index contributed by atoms with van der Waals surface area (Å²) in [5.74, 6) is -0.302. The molecule has 9 heteroatoms. The van der Waals surface area contributed by atoms with Gasteiger partial charge in [0.1, 0.15) is 5.82 Å². The number of amides is 1. The maximum Gasteiger partial charge on any atom is 0.262 e. The number of aromatic nitrogens is 2. The van der Waals surface area contributed by atoms with E-state index in [4.69, 9.17) is 0 Å². The molecule has 166 valence electrons. The van der Waals surface area contributed by atoms with Gasteiger partial charge in [0.25, 0.3) is 10.0 Å². The SMILES string of the molecule is Cc1ccc(-c2c(C)nn3c2NC(=O)CCC3=O)cc1S(=O)(=O)Nc1cccc(C)c1C. The van der Waals surface area contributed by atoms with Gasteiger partial charge in [-0.3, -0.25) is 14.3 Å². The van der Waals surface area contributed by atoms with Crippen molar-refractivity contribution in [2.24, 2.45) is 0 Å². The summed E-state index contributed by atoms with van der Waals surface area (Å²) in [4.78, 5) is 24.6. The largest absolute Gasteiger partial charge is 0.310 e. The van der Waals surface area contributed by atoms with Crippen LogP contribution in [0.5, 0.6) is 0 Å². The van der Waals surface area contributed by atoms with Crippen molar-refractivity contribution in [3.05, 3.63) is 58.8 Å². The summed E-state index contributed by atoms with van der Waals surface area (Å²) in [6.45, 7) is 7.22. The maximum absolute atomic E-state index is 13.3. The Hall–Kier alpha value is -3.46. The van der Waals surface area contributed by atoms with E-state index in [1.807, 2.05) is 19.9 Å². The van der Waals surface area contributed by atoms with E-state index in [9.17, 15) is 18.0 Å². The molecule has 3 aromatic rings. The molecule has 1 aliphatic rings. The summed E-state index contributed by atoms with van der Waals surface area (Å²) in [6.07, 6.45) is 0.140. The number of benzene rings is 2. The lowest BCUT2D eigenvalue weighted by atomic mass is 10.0. The van der Waals surface area contributed by atoms with Crippen LogP contribution in [0.25, 0.3) is 11.1 Å². The average Bonchev–Trinajstić information content (AvgIpc) is 2.98. The quantitative estimate of drug-likeness (QED) is 0.623. The Bertz CT molecular complexity index is 1370. The van der Waals surface area contributed by atoms with Crippen LogP contribution in [0.1, 0.15) is 40.0 Å². The zero-order valence-electron chi connectivity index (χ0n) is 18.3. The normalized spacial score (nSPS) is 14.0. The number of nitrogens with one attached hydrogen (secondary N) is 2. The van der Waals surface area contributed by atoms with Gasteiger partial charge in [0, 0.05) is 18.4 Å². The van der Waals surface area contributed by atoms with E-state index in [-0.39, 0.29) is 35.4 Å². The number of fused-ring (bicyclic) bond motifs is 1. The zero-order valence-corrected chi connectivity index (χ0v) is 19.1. The molecule has 0 radical (unpaired) electrons. The first kappa shape index (κ1) is 21.8. The summed E-state index contributed by atoms with van der Waals surface area (Å²) in [5.41, 5.74) is 4.51. The molecular formula is C23H24N4O4S. The van der Waals surface area contributed by atoms with Gasteiger partial charge >= 0.3 is 0 Å².